The lowest BCUT2D eigenvalue weighted by Gasteiger charge is -2.20. The number of benzene rings is 1. The number of hydrogen-bond donors (Lipinski definition) is 1. The molecule has 0 fully saturated rings. The molecule has 0 saturated carbocycles. The van der Waals surface area contributed by atoms with Crippen LogP contribution in [0.5, 0.6) is 5.75 Å². The Morgan fingerprint density at radius 3 is 3.00 bits per heavy atom. The Balaban J connectivity index is 1.83. The third-order valence-corrected chi connectivity index (χ3v) is 4.12. The van der Waals surface area contributed by atoms with Crippen LogP contribution in [0.1, 0.15) is 15.9 Å². The van der Waals surface area contributed by atoms with Crippen LogP contribution in [0, 0.1) is 11.6 Å². The minimum atomic E-state index is -0.588. The second-order valence-corrected chi connectivity index (χ2v) is 5.95. The summed E-state index contributed by atoms with van der Waals surface area (Å²) >= 11 is 0. The summed E-state index contributed by atoms with van der Waals surface area (Å²) in [6.45, 7) is 0.631. The molecule has 3 heterocycles. The maximum absolute atomic E-state index is 14.5. The number of halogens is 2. The molecule has 1 amide bonds. The predicted octanol–water partition coefficient (Wildman–Crippen LogP) is 1.77. The fraction of sp³-hybridized carbons (Fsp3) is 0.235. The van der Waals surface area contributed by atoms with Crippen LogP contribution in [0.15, 0.2) is 30.6 Å². The van der Waals surface area contributed by atoms with E-state index in [-0.39, 0.29) is 36.7 Å². The normalized spacial score (nSPS) is 14.9. The number of aromatic nitrogens is 3. The maximum atomic E-state index is 14.5. The van der Waals surface area contributed by atoms with Gasteiger partial charge >= 0.3 is 0 Å². The zero-order valence-corrected chi connectivity index (χ0v) is 13.9. The highest BCUT2D eigenvalue weighted by atomic mass is 19.1. The van der Waals surface area contributed by atoms with E-state index >= 15 is 0 Å². The molecule has 0 aliphatic carbocycles. The van der Waals surface area contributed by atoms with E-state index in [1.165, 1.54) is 29.0 Å². The van der Waals surface area contributed by atoms with E-state index in [0.717, 1.165) is 0 Å². The molecule has 3 aromatic rings. The van der Waals surface area contributed by atoms with E-state index in [2.05, 4.69) is 15.4 Å². The Morgan fingerprint density at radius 1 is 1.31 bits per heavy atom. The highest BCUT2D eigenvalue weighted by Crippen LogP contribution is 2.25. The zero-order chi connectivity index (χ0) is 18.3. The van der Waals surface area contributed by atoms with Gasteiger partial charge in [0.05, 0.1) is 18.9 Å². The molecule has 1 N–H and O–H groups in total. The molecule has 2 bridgehead atoms. The number of anilines is 1. The number of rotatable bonds is 0. The molecule has 9 heteroatoms. The number of carbonyl (C=O) groups excluding carboxylic acids is 1. The molecule has 7 nitrogen and oxygen atoms in total. The summed E-state index contributed by atoms with van der Waals surface area (Å²) in [6, 6.07) is 4.17. The Morgan fingerprint density at radius 2 is 2.15 bits per heavy atom. The predicted molar refractivity (Wildman–Crippen MR) is 89.3 cm³/mol. The van der Waals surface area contributed by atoms with Gasteiger partial charge in [0.2, 0.25) is 0 Å². The van der Waals surface area contributed by atoms with Crippen molar-refractivity contribution < 1.29 is 18.3 Å². The molecule has 1 aliphatic rings. The summed E-state index contributed by atoms with van der Waals surface area (Å²) in [5.41, 5.74) is 1.17. The topological polar surface area (TPSA) is 71.8 Å². The number of ether oxygens (including phenoxy) is 1. The van der Waals surface area contributed by atoms with E-state index < -0.39 is 17.5 Å². The fourth-order valence-corrected chi connectivity index (χ4v) is 2.85. The van der Waals surface area contributed by atoms with Gasteiger partial charge in [-0.15, -0.1) is 0 Å². The number of hydrogen-bond acceptors (Lipinski definition) is 5. The van der Waals surface area contributed by atoms with Crippen molar-refractivity contribution in [1.82, 2.24) is 19.9 Å². The molecule has 0 spiro atoms. The summed E-state index contributed by atoms with van der Waals surface area (Å²) < 4.78 is 34.9. The standard InChI is InChI=1S/C17H15F2N5O2/c1-23-8-10-2-3-11(18)6-14(10)26-5-4-20-17(25)12-7-21-24-9-13(19)16(23)22-15(12)24/h2-3,6-7,9H,4-5,8H2,1H3,(H,20,25). The molecule has 0 radical (unpaired) electrons. The third kappa shape index (κ3) is 2.81. The lowest BCUT2D eigenvalue weighted by molar-refractivity contribution is 0.0948. The molecule has 4 rings (SSSR count). The van der Waals surface area contributed by atoms with Crippen LogP contribution in [-0.2, 0) is 6.54 Å². The third-order valence-electron chi connectivity index (χ3n) is 4.12. The molecular formula is C17H15F2N5O2. The lowest BCUT2D eigenvalue weighted by Crippen LogP contribution is -2.28. The number of nitrogens with one attached hydrogen (secondary N) is 1. The first-order valence-electron chi connectivity index (χ1n) is 7.97. The number of fused-ring (bicyclic) bond motifs is 2. The average Bonchev–Trinajstić information content (AvgIpc) is 3.02. The Bertz CT molecular complexity index is 1000. The van der Waals surface area contributed by atoms with E-state index in [1.807, 2.05) is 0 Å². The van der Waals surface area contributed by atoms with Gasteiger partial charge in [0.1, 0.15) is 23.7 Å². The van der Waals surface area contributed by atoms with Crippen molar-refractivity contribution in [3.05, 3.63) is 53.4 Å². The van der Waals surface area contributed by atoms with Crippen molar-refractivity contribution >= 4 is 17.4 Å². The smallest absolute Gasteiger partial charge is 0.256 e. The Hall–Kier alpha value is -3.23. The van der Waals surface area contributed by atoms with E-state index in [9.17, 15) is 13.6 Å². The zero-order valence-electron chi connectivity index (χ0n) is 13.9. The van der Waals surface area contributed by atoms with Gasteiger partial charge in [-0.25, -0.2) is 18.3 Å². The first kappa shape index (κ1) is 16.2. The summed E-state index contributed by atoms with van der Waals surface area (Å²) in [7, 11) is 1.66. The molecular weight excluding hydrogens is 344 g/mol. The van der Waals surface area contributed by atoms with Crippen molar-refractivity contribution in [2.24, 2.45) is 0 Å². The molecule has 0 saturated heterocycles. The molecule has 0 unspecified atom stereocenters. The molecule has 2 aromatic heterocycles. The van der Waals surface area contributed by atoms with Gasteiger partial charge in [0, 0.05) is 25.2 Å². The summed E-state index contributed by atoms with van der Waals surface area (Å²) in [4.78, 5) is 18.2. The van der Waals surface area contributed by atoms with Gasteiger partial charge in [-0.1, -0.05) is 6.07 Å². The van der Waals surface area contributed by atoms with Gasteiger partial charge in [-0.05, 0) is 6.07 Å². The highest BCUT2D eigenvalue weighted by molar-refractivity contribution is 5.99. The van der Waals surface area contributed by atoms with Crippen LogP contribution in [-0.4, -0.2) is 40.7 Å². The van der Waals surface area contributed by atoms with Crippen LogP contribution in [0.4, 0.5) is 14.6 Å². The molecule has 0 atom stereocenters. The van der Waals surface area contributed by atoms with Crippen LogP contribution >= 0.6 is 0 Å². The van der Waals surface area contributed by atoms with Gasteiger partial charge in [-0.2, -0.15) is 5.10 Å². The summed E-state index contributed by atoms with van der Waals surface area (Å²) in [6.07, 6.45) is 2.51. The van der Waals surface area contributed by atoms with Crippen LogP contribution in [0.3, 0.4) is 0 Å². The largest absolute Gasteiger partial charge is 0.491 e. The second-order valence-electron chi connectivity index (χ2n) is 5.95. The van der Waals surface area contributed by atoms with Crippen molar-refractivity contribution in [3.8, 4) is 5.75 Å². The van der Waals surface area contributed by atoms with Crippen molar-refractivity contribution in [2.45, 2.75) is 6.54 Å². The Labute approximate surface area is 147 Å². The minimum Gasteiger partial charge on any atom is -0.491 e. The molecule has 1 aliphatic heterocycles. The van der Waals surface area contributed by atoms with E-state index in [0.29, 0.717) is 11.3 Å². The van der Waals surface area contributed by atoms with Crippen LogP contribution in [0.2, 0.25) is 0 Å². The van der Waals surface area contributed by atoms with E-state index in [4.69, 9.17) is 4.74 Å². The number of amides is 1. The van der Waals surface area contributed by atoms with Crippen LogP contribution < -0.4 is 15.0 Å². The maximum Gasteiger partial charge on any atom is 0.256 e. The van der Waals surface area contributed by atoms with Gasteiger partial charge in [-0.3, -0.25) is 4.79 Å². The van der Waals surface area contributed by atoms with Crippen molar-refractivity contribution in [3.63, 3.8) is 0 Å². The first-order valence-corrected chi connectivity index (χ1v) is 7.97. The van der Waals surface area contributed by atoms with Gasteiger partial charge in [0.25, 0.3) is 5.91 Å². The monoisotopic (exact) mass is 359 g/mol. The fourth-order valence-electron chi connectivity index (χ4n) is 2.85. The lowest BCUT2D eigenvalue weighted by atomic mass is 10.2. The molecule has 26 heavy (non-hydrogen) atoms. The highest BCUT2D eigenvalue weighted by Gasteiger charge is 2.20. The SMILES string of the molecule is CN1Cc2ccc(F)cc2OCCNC(=O)c2cnn3cc(F)c1nc23. The summed E-state index contributed by atoms with van der Waals surface area (Å²) in [5, 5.41) is 6.67. The molecule has 134 valence electrons. The Kier molecular flexibility index (Phi) is 3.90. The molecule has 1 aromatic carbocycles. The average molecular weight is 359 g/mol. The van der Waals surface area contributed by atoms with E-state index in [1.54, 1.807) is 18.0 Å². The number of nitrogens with zero attached hydrogens (tertiary/aromatic N) is 4. The summed E-state index contributed by atoms with van der Waals surface area (Å²) in [5.74, 6) is -1.02. The van der Waals surface area contributed by atoms with Crippen molar-refractivity contribution in [1.29, 1.82) is 0 Å². The first-order chi connectivity index (χ1) is 12.5. The second kappa shape index (κ2) is 6.25. The van der Waals surface area contributed by atoms with Crippen LogP contribution in [0.25, 0.3) is 5.65 Å². The van der Waals surface area contributed by atoms with Gasteiger partial charge in [0.15, 0.2) is 17.3 Å². The van der Waals surface area contributed by atoms with Crippen molar-refractivity contribution in [2.75, 3.05) is 25.1 Å². The number of carbonyl (C=O) groups is 1. The van der Waals surface area contributed by atoms with Gasteiger partial charge < -0.3 is 15.0 Å². The minimum absolute atomic E-state index is 0.0570. The quantitative estimate of drug-likeness (QED) is 0.662.